The van der Waals surface area contributed by atoms with E-state index in [4.69, 9.17) is 4.74 Å². The first kappa shape index (κ1) is 20.6. The summed E-state index contributed by atoms with van der Waals surface area (Å²) >= 11 is 0. The predicted molar refractivity (Wildman–Crippen MR) is 116 cm³/mol. The molecule has 4 rings (SSSR count). The van der Waals surface area contributed by atoms with Gasteiger partial charge in [-0.2, -0.15) is 0 Å². The molecule has 0 heterocycles. The summed E-state index contributed by atoms with van der Waals surface area (Å²) in [5.41, 5.74) is 5.77. The topological polar surface area (TPSA) is 95.9 Å². The average molecular weight is 417 g/mol. The van der Waals surface area contributed by atoms with E-state index in [1.54, 1.807) is 18.2 Å². The normalized spacial score (nSPS) is 14.3. The monoisotopic (exact) mass is 417 g/mol. The van der Waals surface area contributed by atoms with Crippen molar-refractivity contribution < 1.29 is 24.5 Å². The number of hydrogen-bond acceptors (Lipinski definition) is 4. The number of alkyl carbamates (subject to hydrolysis) is 1. The van der Waals surface area contributed by atoms with Crippen molar-refractivity contribution in [2.45, 2.75) is 25.0 Å². The highest BCUT2D eigenvalue weighted by Crippen LogP contribution is 2.44. The zero-order chi connectivity index (χ0) is 22.0. The van der Waals surface area contributed by atoms with Crippen molar-refractivity contribution in [2.24, 2.45) is 0 Å². The number of amides is 1. The minimum Gasteiger partial charge on any atom is -0.479 e. The molecule has 31 heavy (non-hydrogen) atoms. The third kappa shape index (κ3) is 4.15. The number of aliphatic hydroxyl groups excluding tert-OH is 1. The summed E-state index contributed by atoms with van der Waals surface area (Å²) in [5.74, 6) is -1.54. The molecule has 3 N–H and O–H groups in total. The molecule has 158 valence electrons. The molecule has 3 aromatic carbocycles. The van der Waals surface area contributed by atoms with Gasteiger partial charge in [-0.1, -0.05) is 78.4 Å². The fourth-order valence-electron chi connectivity index (χ4n) is 4.12. The van der Waals surface area contributed by atoms with Crippen molar-refractivity contribution in [3.63, 3.8) is 0 Å². The van der Waals surface area contributed by atoms with Crippen LogP contribution in [-0.4, -0.2) is 35.0 Å². The fraction of sp³-hybridized carbons (Fsp3) is 0.200. The van der Waals surface area contributed by atoms with Gasteiger partial charge in [0.1, 0.15) is 6.61 Å². The van der Waals surface area contributed by atoms with Crippen LogP contribution in [-0.2, 0) is 9.53 Å². The molecule has 0 radical (unpaired) electrons. The van der Waals surface area contributed by atoms with Crippen LogP contribution in [0.4, 0.5) is 4.79 Å². The molecule has 1 aliphatic carbocycles. The Balaban J connectivity index is 1.51. The molecule has 0 bridgehead atoms. The number of fused-ring (bicyclic) bond motifs is 3. The molecule has 2 atom stereocenters. The van der Waals surface area contributed by atoms with Gasteiger partial charge in [-0.25, -0.2) is 9.59 Å². The summed E-state index contributed by atoms with van der Waals surface area (Å²) in [6, 6.07) is 21.8. The van der Waals surface area contributed by atoms with E-state index in [0.29, 0.717) is 5.56 Å². The van der Waals surface area contributed by atoms with Crippen molar-refractivity contribution in [1.29, 1.82) is 0 Å². The third-order valence-corrected chi connectivity index (χ3v) is 5.59. The van der Waals surface area contributed by atoms with Crippen LogP contribution in [0.15, 0.2) is 72.8 Å². The van der Waals surface area contributed by atoms with Gasteiger partial charge in [-0.05, 0) is 34.7 Å². The standard InChI is InChI=1S/C25H23NO5/c1-15-7-6-8-16(13-15)22(23(27)24(28)29)26-25(30)31-14-21-19-11-4-2-9-17(19)18-10-3-5-12-20(18)21/h2-13,21-23,27H,14H2,1H3,(H,26,30)(H,28,29)/t22-,23-/m1/s1. The molecule has 0 unspecified atom stereocenters. The first-order valence-corrected chi connectivity index (χ1v) is 10.0. The molecule has 0 aromatic heterocycles. The molecule has 0 fully saturated rings. The van der Waals surface area contributed by atoms with Crippen LogP contribution < -0.4 is 5.32 Å². The molecule has 1 amide bonds. The van der Waals surface area contributed by atoms with Crippen LogP contribution in [0.5, 0.6) is 0 Å². The largest absolute Gasteiger partial charge is 0.479 e. The Bertz CT molecular complexity index is 1080. The van der Waals surface area contributed by atoms with Crippen molar-refractivity contribution >= 4 is 12.1 Å². The van der Waals surface area contributed by atoms with E-state index in [1.165, 1.54) is 0 Å². The Morgan fingerprint density at radius 1 is 0.968 bits per heavy atom. The molecule has 0 spiro atoms. The zero-order valence-corrected chi connectivity index (χ0v) is 17.0. The SMILES string of the molecule is Cc1cccc([C@@H](NC(=O)OCC2c3ccccc3-c3ccccc32)[C@@H](O)C(=O)O)c1. The number of ether oxygens (including phenoxy) is 1. The van der Waals surface area contributed by atoms with Gasteiger partial charge < -0.3 is 20.3 Å². The summed E-state index contributed by atoms with van der Waals surface area (Å²) in [6.07, 6.45) is -2.59. The highest BCUT2D eigenvalue weighted by molar-refractivity contribution is 5.79. The molecular formula is C25H23NO5. The van der Waals surface area contributed by atoms with E-state index in [0.717, 1.165) is 27.8 Å². The second-order valence-electron chi connectivity index (χ2n) is 7.64. The lowest BCUT2D eigenvalue weighted by Crippen LogP contribution is -2.40. The summed E-state index contributed by atoms with van der Waals surface area (Å²) in [6.45, 7) is 1.95. The minimum atomic E-state index is -1.80. The predicted octanol–water partition coefficient (Wildman–Crippen LogP) is 4.02. The lowest BCUT2D eigenvalue weighted by atomic mass is 9.98. The van der Waals surface area contributed by atoms with E-state index in [-0.39, 0.29) is 12.5 Å². The van der Waals surface area contributed by atoms with Crippen LogP contribution in [0, 0.1) is 6.92 Å². The maximum atomic E-state index is 12.6. The van der Waals surface area contributed by atoms with Crippen LogP contribution in [0.1, 0.15) is 34.2 Å². The number of aryl methyl sites for hydroxylation is 1. The summed E-state index contributed by atoms with van der Waals surface area (Å²) < 4.78 is 5.50. The van der Waals surface area contributed by atoms with Crippen molar-refractivity contribution in [2.75, 3.05) is 6.61 Å². The van der Waals surface area contributed by atoms with E-state index >= 15 is 0 Å². The molecule has 6 nitrogen and oxygen atoms in total. The van der Waals surface area contributed by atoms with Gasteiger partial charge in [0.25, 0.3) is 0 Å². The number of benzene rings is 3. The number of carboxylic acid groups (broad SMARTS) is 1. The van der Waals surface area contributed by atoms with Crippen LogP contribution in [0.2, 0.25) is 0 Å². The minimum absolute atomic E-state index is 0.101. The number of nitrogens with one attached hydrogen (secondary N) is 1. The number of carboxylic acids is 1. The Kier molecular flexibility index (Phi) is 5.73. The summed E-state index contributed by atoms with van der Waals surface area (Å²) in [5, 5.41) is 21.9. The lowest BCUT2D eigenvalue weighted by Gasteiger charge is -2.23. The fourth-order valence-corrected chi connectivity index (χ4v) is 4.12. The number of hydrogen-bond donors (Lipinski definition) is 3. The maximum absolute atomic E-state index is 12.6. The average Bonchev–Trinajstić information content (AvgIpc) is 3.09. The Morgan fingerprint density at radius 3 is 2.16 bits per heavy atom. The van der Waals surface area contributed by atoms with Gasteiger partial charge in [-0.3, -0.25) is 0 Å². The van der Waals surface area contributed by atoms with Gasteiger partial charge in [0, 0.05) is 5.92 Å². The first-order chi connectivity index (χ1) is 15.0. The van der Waals surface area contributed by atoms with Gasteiger partial charge in [-0.15, -0.1) is 0 Å². The summed E-state index contributed by atoms with van der Waals surface area (Å²) in [4.78, 5) is 24.0. The number of aliphatic hydroxyl groups is 1. The smallest absolute Gasteiger partial charge is 0.407 e. The highest BCUT2D eigenvalue weighted by atomic mass is 16.5. The molecule has 6 heteroatoms. The molecular weight excluding hydrogens is 394 g/mol. The van der Waals surface area contributed by atoms with Gasteiger partial charge in [0.15, 0.2) is 6.10 Å². The van der Waals surface area contributed by atoms with Crippen molar-refractivity contribution in [1.82, 2.24) is 5.32 Å². The third-order valence-electron chi connectivity index (χ3n) is 5.59. The van der Waals surface area contributed by atoms with E-state index < -0.39 is 24.2 Å². The van der Waals surface area contributed by atoms with Crippen LogP contribution in [0.25, 0.3) is 11.1 Å². The molecule has 0 saturated heterocycles. The second-order valence-corrected chi connectivity index (χ2v) is 7.64. The lowest BCUT2D eigenvalue weighted by molar-refractivity contribution is -0.148. The van der Waals surface area contributed by atoms with E-state index in [1.807, 2.05) is 61.5 Å². The van der Waals surface area contributed by atoms with Crippen LogP contribution >= 0.6 is 0 Å². The highest BCUT2D eigenvalue weighted by Gasteiger charge is 2.32. The zero-order valence-electron chi connectivity index (χ0n) is 17.0. The van der Waals surface area contributed by atoms with Crippen molar-refractivity contribution in [3.05, 3.63) is 95.1 Å². The quantitative estimate of drug-likeness (QED) is 0.563. The number of carbonyl (C=O) groups is 2. The van der Waals surface area contributed by atoms with E-state index in [9.17, 15) is 19.8 Å². The van der Waals surface area contributed by atoms with Crippen LogP contribution in [0.3, 0.4) is 0 Å². The molecule has 3 aromatic rings. The van der Waals surface area contributed by atoms with E-state index in [2.05, 4.69) is 5.32 Å². The van der Waals surface area contributed by atoms with Gasteiger partial charge in [0.05, 0.1) is 6.04 Å². The Hall–Kier alpha value is -3.64. The van der Waals surface area contributed by atoms with Crippen molar-refractivity contribution in [3.8, 4) is 11.1 Å². The second kappa shape index (κ2) is 8.62. The van der Waals surface area contributed by atoms with Gasteiger partial charge >= 0.3 is 12.1 Å². The first-order valence-electron chi connectivity index (χ1n) is 10.0. The Morgan fingerprint density at radius 2 is 1.58 bits per heavy atom. The van der Waals surface area contributed by atoms with Gasteiger partial charge in [0.2, 0.25) is 0 Å². The number of rotatable bonds is 6. The molecule has 0 saturated carbocycles. The number of aliphatic carboxylic acids is 1. The number of carbonyl (C=O) groups excluding carboxylic acids is 1. The molecule has 0 aliphatic heterocycles. The Labute approximate surface area is 180 Å². The maximum Gasteiger partial charge on any atom is 0.407 e. The summed E-state index contributed by atoms with van der Waals surface area (Å²) in [7, 11) is 0. The molecule has 1 aliphatic rings.